The molecule has 0 spiro atoms. The fourth-order valence-electron chi connectivity index (χ4n) is 2.82. The Labute approximate surface area is 129 Å². The van der Waals surface area contributed by atoms with Crippen molar-refractivity contribution in [3.63, 3.8) is 0 Å². The van der Waals surface area contributed by atoms with E-state index in [1.54, 1.807) is 0 Å². The Kier molecular flexibility index (Phi) is 4.25. The number of aromatic nitrogens is 4. The Morgan fingerprint density at radius 2 is 1.41 bits per heavy atom. The van der Waals surface area contributed by atoms with Gasteiger partial charge in [-0.1, -0.05) is 65.9 Å². The third kappa shape index (κ3) is 3.04. The van der Waals surface area contributed by atoms with Crippen molar-refractivity contribution in [2.24, 2.45) is 5.73 Å². The molecule has 22 heavy (non-hydrogen) atoms. The van der Waals surface area contributed by atoms with Crippen LogP contribution in [0.4, 0.5) is 0 Å². The number of aromatic amines is 1. The standard InChI is InChI=1S/C17H19N5/c18-13-17(16-19-21-22-20-16,11-14-7-3-1-4-8-14)12-15-9-5-2-6-10-15/h1-10H,11-13,18H2,(H,19,20,21,22). The van der Waals surface area contributed by atoms with Gasteiger partial charge < -0.3 is 5.73 Å². The Morgan fingerprint density at radius 1 is 0.864 bits per heavy atom. The van der Waals surface area contributed by atoms with Gasteiger partial charge in [0.1, 0.15) is 0 Å². The molecule has 0 aliphatic carbocycles. The van der Waals surface area contributed by atoms with Crippen LogP contribution < -0.4 is 5.73 Å². The third-order valence-electron chi connectivity index (χ3n) is 3.98. The normalized spacial score (nSPS) is 11.5. The number of hydrogen-bond acceptors (Lipinski definition) is 4. The van der Waals surface area contributed by atoms with Crippen molar-refractivity contribution < 1.29 is 0 Å². The van der Waals surface area contributed by atoms with E-state index in [2.05, 4.69) is 44.9 Å². The van der Waals surface area contributed by atoms with E-state index in [1.807, 2.05) is 36.4 Å². The predicted octanol–water partition coefficient (Wildman–Crippen LogP) is 1.88. The molecule has 0 fully saturated rings. The minimum Gasteiger partial charge on any atom is -0.329 e. The first kappa shape index (κ1) is 14.4. The van der Waals surface area contributed by atoms with E-state index in [9.17, 15) is 0 Å². The van der Waals surface area contributed by atoms with Crippen LogP contribution in [0.3, 0.4) is 0 Å². The fraction of sp³-hybridized carbons (Fsp3) is 0.235. The quantitative estimate of drug-likeness (QED) is 0.727. The van der Waals surface area contributed by atoms with Crippen LogP contribution in [-0.2, 0) is 18.3 Å². The van der Waals surface area contributed by atoms with Crippen molar-refractivity contribution in [2.45, 2.75) is 18.3 Å². The van der Waals surface area contributed by atoms with E-state index in [4.69, 9.17) is 5.73 Å². The lowest BCUT2D eigenvalue weighted by Crippen LogP contribution is -2.41. The number of benzene rings is 2. The van der Waals surface area contributed by atoms with Gasteiger partial charge in [0, 0.05) is 6.54 Å². The third-order valence-corrected chi connectivity index (χ3v) is 3.98. The Bertz CT molecular complexity index is 638. The second kappa shape index (κ2) is 6.49. The van der Waals surface area contributed by atoms with E-state index >= 15 is 0 Å². The Balaban J connectivity index is 1.97. The van der Waals surface area contributed by atoms with E-state index in [1.165, 1.54) is 11.1 Å². The van der Waals surface area contributed by atoms with Gasteiger partial charge >= 0.3 is 0 Å². The molecule has 5 heteroatoms. The average Bonchev–Trinajstić information content (AvgIpc) is 3.11. The number of tetrazole rings is 1. The van der Waals surface area contributed by atoms with Crippen molar-refractivity contribution in [3.8, 4) is 0 Å². The van der Waals surface area contributed by atoms with Gasteiger partial charge in [0.15, 0.2) is 5.82 Å². The summed E-state index contributed by atoms with van der Waals surface area (Å²) < 4.78 is 0. The van der Waals surface area contributed by atoms with Crippen molar-refractivity contribution in [1.29, 1.82) is 0 Å². The van der Waals surface area contributed by atoms with Crippen molar-refractivity contribution >= 4 is 0 Å². The molecule has 3 N–H and O–H groups in total. The minimum atomic E-state index is -0.365. The van der Waals surface area contributed by atoms with Crippen molar-refractivity contribution in [2.75, 3.05) is 6.54 Å². The van der Waals surface area contributed by atoms with Gasteiger partial charge in [-0.2, -0.15) is 5.21 Å². The van der Waals surface area contributed by atoms with Crippen LogP contribution in [0.25, 0.3) is 0 Å². The maximum Gasteiger partial charge on any atom is 0.182 e. The van der Waals surface area contributed by atoms with Gasteiger partial charge in [0.05, 0.1) is 5.41 Å². The highest BCUT2D eigenvalue weighted by molar-refractivity contribution is 5.26. The van der Waals surface area contributed by atoms with Crippen LogP contribution >= 0.6 is 0 Å². The lowest BCUT2D eigenvalue weighted by molar-refractivity contribution is 0.404. The molecule has 0 aliphatic rings. The van der Waals surface area contributed by atoms with Gasteiger partial charge in [-0.05, 0) is 24.0 Å². The van der Waals surface area contributed by atoms with Crippen LogP contribution in [0.5, 0.6) is 0 Å². The summed E-state index contributed by atoms with van der Waals surface area (Å²) in [6, 6.07) is 20.6. The molecule has 2 aromatic carbocycles. The highest BCUT2D eigenvalue weighted by atomic mass is 15.5. The molecule has 112 valence electrons. The topological polar surface area (TPSA) is 80.5 Å². The summed E-state index contributed by atoms with van der Waals surface area (Å²) in [6.45, 7) is 0.455. The number of H-pyrrole nitrogens is 1. The highest BCUT2D eigenvalue weighted by Crippen LogP contribution is 2.29. The lowest BCUT2D eigenvalue weighted by atomic mass is 9.76. The number of rotatable bonds is 6. The molecule has 0 amide bonds. The summed E-state index contributed by atoms with van der Waals surface area (Å²) in [6.07, 6.45) is 1.55. The molecule has 0 aliphatic heterocycles. The zero-order valence-electron chi connectivity index (χ0n) is 12.3. The molecule has 0 unspecified atom stereocenters. The summed E-state index contributed by atoms with van der Waals surface area (Å²) in [7, 11) is 0. The van der Waals surface area contributed by atoms with Crippen LogP contribution in [0.1, 0.15) is 17.0 Å². The Morgan fingerprint density at radius 3 is 1.82 bits per heavy atom. The molecule has 3 aromatic rings. The fourth-order valence-corrected chi connectivity index (χ4v) is 2.82. The second-order valence-electron chi connectivity index (χ2n) is 5.54. The van der Waals surface area contributed by atoms with E-state index < -0.39 is 0 Å². The number of nitrogens with zero attached hydrogens (tertiary/aromatic N) is 3. The SMILES string of the molecule is NCC(Cc1ccccc1)(Cc1ccccc1)c1nn[nH]n1. The highest BCUT2D eigenvalue weighted by Gasteiger charge is 2.35. The van der Waals surface area contributed by atoms with Gasteiger partial charge in [-0.15, -0.1) is 10.2 Å². The average molecular weight is 293 g/mol. The van der Waals surface area contributed by atoms with Crippen LogP contribution in [0.15, 0.2) is 60.7 Å². The molecule has 0 saturated carbocycles. The van der Waals surface area contributed by atoms with Gasteiger partial charge in [-0.25, -0.2) is 0 Å². The monoisotopic (exact) mass is 293 g/mol. The van der Waals surface area contributed by atoms with E-state index in [0.717, 1.165) is 12.8 Å². The minimum absolute atomic E-state index is 0.365. The second-order valence-corrected chi connectivity index (χ2v) is 5.54. The largest absolute Gasteiger partial charge is 0.329 e. The number of nitrogens with two attached hydrogens (primary N) is 1. The van der Waals surface area contributed by atoms with E-state index in [0.29, 0.717) is 12.4 Å². The molecule has 5 nitrogen and oxygen atoms in total. The van der Waals surface area contributed by atoms with Crippen molar-refractivity contribution in [3.05, 3.63) is 77.6 Å². The molecule has 0 radical (unpaired) electrons. The molecule has 3 rings (SSSR count). The zero-order chi connectivity index (χ0) is 15.3. The first-order valence-electron chi connectivity index (χ1n) is 7.34. The maximum absolute atomic E-state index is 6.17. The van der Waals surface area contributed by atoms with Crippen LogP contribution in [-0.4, -0.2) is 27.2 Å². The lowest BCUT2D eigenvalue weighted by Gasteiger charge is -2.29. The summed E-state index contributed by atoms with van der Waals surface area (Å²) in [5, 5.41) is 14.7. The predicted molar refractivity (Wildman–Crippen MR) is 85.2 cm³/mol. The maximum atomic E-state index is 6.17. The summed E-state index contributed by atoms with van der Waals surface area (Å²) >= 11 is 0. The Hall–Kier alpha value is -2.53. The molecular weight excluding hydrogens is 274 g/mol. The molecule has 0 saturated heterocycles. The van der Waals surface area contributed by atoms with Gasteiger partial charge in [0.2, 0.25) is 0 Å². The summed E-state index contributed by atoms with van der Waals surface area (Å²) in [5.74, 6) is 0.669. The molecule has 0 atom stereocenters. The molecular formula is C17H19N5. The number of nitrogens with one attached hydrogen (secondary N) is 1. The van der Waals surface area contributed by atoms with Gasteiger partial charge in [0.25, 0.3) is 0 Å². The summed E-state index contributed by atoms with van der Waals surface area (Å²) in [5.41, 5.74) is 8.24. The molecule has 1 heterocycles. The van der Waals surface area contributed by atoms with Crippen LogP contribution in [0, 0.1) is 0 Å². The molecule has 0 bridgehead atoms. The number of hydrogen-bond donors (Lipinski definition) is 2. The smallest absolute Gasteiger partial charge is 0.182 e. The first-order valence-corrected chi connectivity index (χ1v) is 7.34. The van der Waals surface area contributed by atoms with Crippen molar-refractivity contribution in [1.82, 2.24) is 20.6 Å². The zero-order valence-corrected chi connectivity index (χ0v) is 12.3. The summed E-state index contributed by atoms with van der Waals surface area (Å²) in [4.78, 5) is 0. The van der Waals surface area contributed by atoms with Crippen LogP contribution in [0.2, 0.25) is 0 Å². The molecule has 1 aromatic heterocycles. The van der Waals surface area contributed by atoms with Gasteiger partial charge in [-0.3, -0.25) is 0 Å². The van der Waals surface area contributed by atoms with E-state index in [-0.39, 0.29) is 5.41 Å². The first-order chi connectivity index (χ1) is 10.8.